The Morgan fingerprint density at radius 1 is 1.47 bits per heavy atom. The van der Waals surface area contributed by atoms with Gasteiger partial charge in [-0.05, 0) is 18.6 Å². The van der Waals surface area contributed by atoms with Crippen LogP contribution >= 0.6 is 0 Å². The van der Waals surface area contributed by atoms with Gasteiger partial charge < -0.3 is 10.3 Å². The van der Waals surface area contributed by atoms with E-state index in [2.05, 4.69) is 15.3 Å². The molecule has 90 valence electrons. The molecule has 1 aromatic carbocycles. The summed E-state index contributed by atoms with van der Waals surface area (Å²) in [5.74, 6) is 0.940. The normalized spacial score (nSPS) is 12.6. The van der Waals surface area contributed by atoms with Crippen molar-refractivity contribution in [2.45, 2.75) is 19.8 Å². The molecule has 4 heteroatoms. The van der Waals surface area contributed by atoms with E-state index in [-0.39, 0.29) is 11.8 Å². The van der Waals surface area contributed by atoms with Crippen molar-refractivity contribution >= 4 is 16.9 Å². The first-order valence-electron chi connectivity index (χ1n) is 5.89. The van der Waals surface area contributed by atoms with Crippen molar-refractivity contribution < 1.29 is 4.79 Å². The largest absolute Gasteiger partial charge is 0.359 e. The average molecular weight is 231 g/mol. The molecule has 0 aliphatic rings. The van der Waals surface area contributed by atoms with E-state index in [9.17, 15) is 4.79 Å². The van der Waals surface area contributed by atoms with Crippen molar-refractivity contribution in [1.82, 2.24) is 15.3 Å². The number of nitrogens with zero attached hydrogens (tertiary/aromatic N) is 1. The van der Waals surface area contributed by atoms with Crippen LogP contribution in [0.1, 0.15) is 19.2 Å². The van der Waals surface area contributed by atoms with Crippen molar-refractivity contribution in [2.24, 2.45) is 5.92 Å². The Hall–Kier alpha value is -1.84. The first-order valence-corrected chi connectivity index (χ1v) is 5.89. The maximum atomic E-state index is 11.6. The number of para-hydroxylation sites is 2. The Bertz CT molecular complexity index is 485. The summed E-state index contributed by atoms with van der Waals surface area (Å²) in [7, 11) is 1.67. The van der Waals surface area contributed by atoms with Crippen LogP contribution in [-0.2, 0) is 11.2 Å². The highest BCUT2D eigenvalue weighted by molar-refractivity contribution is 5.79. The molecule has 0 unspecified atom stereocenters. The zero-order valence-corrected chi connectivity index (χ0v) is 10.2. The van der Waals surface area contributed by atoms with E-state index in [1.165, 1.54) is 0 Å². The number of amides is 1. The van der Waals surface area contributed by atoms with Gasteiger partial charge >= 0.3 is 0 Å². The van der Waals surface area contributed by atoms with Crippen molar-refractivity contribution in [2.75, 3.05) is 7.05 Å². The number of benzene rings is 1. The minimum absolute atomic E-state index is 0.0134. The number of aromatic nitrogens is 2. The highest BCUT2D eigenvalue weighted by atomic mass is 16.1. The molecule has 1 aromatic heterocycles. The summed E-state index contributed by atoms with van der Waals surface area (Å²) in [6.07, 6.45) is 1.47. The lowest BCUT2D eigenvalue weighted by Crippen LogP contribution is -2.28. The molecular formula is C13H17N3O. The number of hydrogen-bond acceptors (Lipinski definition) is 2. The van der Waals surface area contributed by atoms with E-state index in [4.69, 9.17) is 0 Å². The third kappa shape index (κ3) is 2.46. The smallest absolute Gasteiger partial charge is 0.223 e. The number of aromatic amines is 1. The lowest BCUT2D eigenvalue weighted by molar-refractivity contribution is -0.124. The second-order valence-corrected chi connectivity index (χ2v) is 4.12. The quantitative estimate of drug-likeness (QED) is 0.844. The lowest BCUT2D eigenvalue weighted by atomic mass is 10.0. The molecule has 0 saturated heterocycles. The number of hydrogen-bond donors (Lipinski definition) is 2. The van der Waals surface area contributed by atoms with Gasteiger partial charge in [-0.3, -0.25) is 4.79 Å². The van der Waals surface area contributed by atoms with Gasteiger partial charge in [0.2, 0.25) is 5.91 Å². The standard InChI is InChI=1S/C13H17N3O/c1-3-9(13(17)14-2)8-12-15-10-6-4-5-7-11(10)16-12/h4-7,9H,3,8H2,1-2H3,(H,14,17)(H,15,16)/t9-/m0/s1. The predicted molar refractivity (Wildman–Crippen MR) is 67.6 cm³/mol. The molecule has 4 nitrogen and oxygen atoms in total. The number of carbonyl (C=O) groups is 1. The van der Waals surface area contributed by atoms with Crippen molar-refractivity contribution in [1.29, 1.82) is 0 Å². The third-order valence-corrected chi connectivity index (χ3v) is 2.99. The minimum Gasteiger partial charge on any atom is -0.359 e. The van der Waals surface area contributed by atoms with Crippen LogP contribution in [0.15, 0.2) is 24.3 Å². The van der Waals surface area contributed by atoms with E-state index in [1.807, 2.05) is 31.2 Å². The second kappa shape index (κ2) is 4.99. The summed E-state index contributed by atoms with van der Waals surface area (Å²) >= 11 is 0. The molecule has 0 radical (unpaired) electrons. The Balaban J connectivity index is 2.19. The summed E-state index contributed by atoms with van der Waals surface area (Å²) in [4.78, 5) is 19.3. The highest BCUT2D eigenvalue weighted by Crippen LogP contribution is 2.15. The zero-order chi connectivity index (χ0) is 12.3. The maximum absolute atomic E-state index is 11.6. The van der Waals surface area contributed by atoms with Crippen LogP contribution in [-0.4, -0.2) is 22.9 Å². The topological polar surface area (TPSA) is 57.8 Å². The van der Waals surface area contributed by atoms with Gasteiger partial charge in [0, 0.05) is 19.4 Å². The first kappa shape index (κ1) is 11.6. The van der Waals surface area contributed by atoms with Gasteiger partial charge in [-0.1, -0.05) is 19.1 Å². The van der Waals surface area contributed by atoms with E-state index in [0.717, 1.165) is 23.3 Å². The van der Waals surface area contributed by atoms with Gasteiger partial charge in [0.1, 0.15) is 5.82 Å². The molecule has 1 heterocycles. The van der Waals surface area contributed by atoms with Gasteiger partial charge in [0.05, 0.1) is 11.0 Å². The van der Waals surface area contributed by atoms with E-state index in [1.54, 1.807) is 7.05 Å². The van der Waals surface area contributed by atoms with Crippen LogP contribution < -0.4 is 5.32 Å². The molecule has 2 rings (SSSR count). The van der Waals surface area contributed by atoms with E-state index < -0.39 is 0 Å². The highest BCUT2D eigenvalue weighted by Gasteiger charge is 2.17. The number of carbonyl (C=O) groups excluding carboxylic acids is 1. The fourth-order valence-corrected chi connectivity index (χ4v) is 1.96. The Morgan fingerprint density at radius 3 is 2.88 bits per heavy atom. The molecule has 0 aliphatic carbocycles. The molecule has 0 fully saturated rings. The monoisotopic (exact) mass is 231 g/mol. The zero-order valence-electron chi connectivity index (χ0n) is 10.2. The van der Waals surface area contributed by atoms with Crippen LogP contribution in [0.3, 0.4) is 0 Å². The molecule has 2 aromatic rings. The van der Waals surface area contributed by atoms with E-state index in [0.29, 0.717) is 6.42 Å². The van der Waals surface area contributed by atoms with Crippen LogP contribution in [0, 0.1) is 5.92 Å². The number of imidazole rings is 1. The summed E-state index contributed by atoms with van der Waals surface area (Å²) in [6, 6.07) is 7.90. The first-order chi connectivity index (χ1) is 8.24. The van der Waals surface area contributed by atoms with Crippen LogP contribution in [0.25, 0.3) is 11.0 Å². The number of H-pyrrole nitrogens is 1. The molecule has 1 amide bonds. The molecule has 0 spiro atoms. The minimum atomic E-state index is -0.0134. The fraction of sp³-hybridized carbons (Fsp3) is 0.385. The number of fused-ring (bicyclic) bond motifs is 1. The Labute approximate surface area is 100 Å². The van der Waals surface area contributed by atoms with Crippen LogP contribution in [0.2, 0.25) is 0 Å². The van der Waals surface area contributed by atoms with Crippen molar-refractivity contribution in [3.05, 3.63) is 30.1 Å². The van der Waals surface area contributed by atoms with Gasteiger partial charge in [-0.2, -0.15) is 0 Å². The van der Waals surface area contributed by atoms with Gasteiger partial charge in [-0.25, -0.2) is 4.98 Å². The van der Waals surface area contributed by atoms with Crippen molar-refractivity contribution in [3.8, 4) is 0 Å². The Kier molecular flexibility index (Phi) is 3.42. The summed E-state index contributed by atoms with van der Waals surface area (Å²) in [5.41, 5.74) is 1.98. The molecule has 0 bridgehead atoms. The number of nitrogens with one attached hydrogen (secondary N) is 2. The number of rotatable bonds is 4. The second-order valence-electron chi connectivity index (χ2n) is 4.12. The maximum Gasteiger partial charge on any atom is 0.223 e. The Morgan fingerprint density at radius 2 is 2.24 bits per heavy atom. The SMILES string of the molecule is CC[C@@H](Cc1nc2ccccc2[nH]1)C(=O)NC. The average Bonchev–Trinajstić information content (AvgIpc) is 2.77. The molecule has 0 saturated carbocycles. The van der Waals surface area contributed by atoms with Gasteiger partial charge in [0.15, 0.2) is 0 Å². The molecular weight excluding hydrogens is 214 g/mol. The molecule has 17 heavy (non-hydrogen) atoms. The van der Waals surface area contributed by atoms with Crippen molar-refractivity contribution in [3.63, 3.8) is 0 Å². The summed E-state index contributed by atoms with van der Waals surface area (Å²) in [6.45, 7) is 2.02. The molecule has 1 atom stereocenters. The third-order valence-electron chi connectivity index (χ3n) is 2.99. The van der Waals surface area contributed by atoms with E-state index >= 15 is 0 Å². The van der Waals surface area contributed by atoms with Gasteiger partial charge in [-0.15, -0.1) is 0 Å². The van der Waals surface area contributed by atoms with Crippen LogP contribution in [0.4, 0.5) is 0 Å². The summed E-state index contributed by atoms with van der Waals surface area (Å²) in [5, 5.41) is 2.69. The lowest BCUT2D eigenvalue weighted by Gasteiger charge is -2.10. The predicted octanol–water partition coefficient (Wildman–Crippen LogP) is 1.88. The van der Waals surface area contributed by atoms with Gasteiger partial charge in [0.25, 0.3) is 0 Å². The van der Waals surface area contributed by atoms with Crippen LogP contribution in [0.5, 0.6) is 0 Å². The molecule has 0 aliphatic heterocycles. The summed E-state index contributed by atoms with van der Waals surface area (Å²) < 4.78 is 0. The fourth-order valence-electron chi connectivity index (χ4n) is 1.96. The molecule has 2 N–H and O–H groups in total.